The third-order valence-corrected chi connectivity index (χ3v) is 5.45. The number of rotatable bonds is 9. The van der Waals surface area contributed by atoms with Crippen molar-refractivity contribution in [2.24, 2.45) is 5.10 Å². The van der Waals surface area contributed by atoms with E-state index < -0.39 is 0 Å². The van der Waals surface area contributed by atoms with Gasteiger partial charge in [-0.2, -0.15) is 5.10 Å². The first-order chi connectivity index (χ1) is 15.1. The van der Waals surface area contributed by atoms with Crippen molar-refractivity contribution in [1.29, 1.82) is 0 Å². The first-order valence-electron chi connectivity index (χ1n) is 9.56. The summed E-state index contributed by atoms with van der Waals surface area (Å²) in [5.74, 6) is 1.45. The Bertz CT molecular complexity index is 1080. The summed E-state index contributed by atoms with van der Waals surface area (Å²) in [4.78, 5) is 12.1. The Morgan fingerprint density at radius 2 is 2.00 bits per heavy atom. The first kappa shape index (κ1) is 22.6. The Kier molecular flexibility index (Phi) is 8.26. The van der Waals surface area contributed by atoms with Crippen LogP contribution in [0, 0.1) is 0 Å². The van der Waals surface area contributed by atoms with Crippen molar-refractivity contribution in [2.75, 3.05) is 12.9 Å². The van der Waals surface area contributed by atoms with Crippen molar-refractivity contribution in [3.8, 4) is 17.1 Å². The van der Waals surface area contributed by atoms with Crippen LogP contribution in [0.5, 0.6) is 5.75 Å². The van der Waals surface area contributed by atoms with Crippen LogP contribution in [0.3, 0.4) is 0 Å². The second-order valence-electron chi connectivity index (χ2n) is 6.26. The molecule has 1 aromatic heterocycles. The van der Waals surface area contributed by atoms with E-state index in [0.29, 0.717) is 16.7 Å². The highest BCUT2D eigenvalue weighted by Gasteiger charge is 2.14. The summed E-state index contributed by atoms with van der Waals surface area (Å²) in [6.45, 7) is 2.69. The van der Waals surface area contributed by atoms with Crippen molar-refractivity contribution in [1.82, 2.24) is 20.2 Å². The predicted octanol–water partition coefficient (Wildman–Crippen LogP) is 4.53. The van der Waals surface area contributed by atoms with Crippen molar-refractivity contribution in [2.45, 2.75) is 18.6 Å². The molecule has 7 nitrogen and oxygen atoms in total. The number of thioether (sulfide) groups is 1. The molecule has 31 heavy (non-hydrogen) atoms. The molecule has 1 N–H and O–H groups in total. The number of methoxy groups -OCH3 is 1. The molecule has 0 aliphatic heterocycles. The lowest BCUT2D eigenvalue weighted by atomic mass is 10.2. The van der Waals surface area contributed by atoms with Crippen LogP contribution in [0.25, 0.3) is 17.5 Å². The topological polar surface area (TPSA) is 81.4 Å². The Morgan fingerprint density at radius 3 is 2.74 bits per heavy atom. The summed E-state index contributed by atoms with van der Waals surface area (Å²) < 4.78 is 7.24. The molecule has 0 fully saturated rings. The van der Waals surface area contributed by atoms with E-state index in [4.69, 9.17) is 16.3 Å². The number of para-hydroxylation sites is 1. The number of hydrazone groups is 1. The number of carbonyl (C=O) groups excluding carboxylic acids is 1. The molecule has 0 aliphatic rings. The number of benzene rings is 2. The van der Waals surface area contributed by atoms with Gasteiger partial charge >= 0.3 is 0 Å². The standard InChI is InChI=1S/C22H22ClN5O2S/c1-3-28-21(17-10-12-18(23)13-11-17)26-27-22(28)31-15-20(29)25-24-14-6-8-16-7-4-5-9-19(16)30-2/h4-14H,3,15H2,1-2H3,(H,25,29)/b8-6+,24-14+. The molecule has 9 heteroatoms. The van der Waals surface area contributed by atoms with E-state index in [9.17, 15) is 4.79 Å². The molecular weight excluding hydrogens is 434 g/mol. The molecule has 0 unspecified atom stereocenters. The third-order valence-electron chi connectivity index (χ3n) is 4.23. The van der Waals surface area contributed by atoms with Gasteiger partial charge in [0.05, 0.1) is 12.9 Å². The molecule has 3 aromatic rings. The van der Waals surface area contributed by atoms with Gasteiger partial charge in [-0.25, -0.2) is 5.43 Å². The van der Waals surface area contributed by atoms with E-state index in [1.54, 1.807) is 13.2 Å². The van der Waals surface area contributed by atoms with Gasteiger partial charge in [0.1, 0.15) is 5.75 Å². The zero-order chi connectivity index (χ0) is 22.1. The average molecular weight is 456 g/mol. The average Bonchev–Trinajstić information content (AvgIpc) is 3.21. The lowest BCUT2D eigenvalue weighted by molar-refractivity contribution is -0.118. The van der Waals surface area contributed by atoms with Gasteiger partial charge in [-0.3, -0.25) is 4.79 Å². The number of halogens is 1. The first-order valence-corrected chi connectivity index (χ1v) is 10.9. The van der Waals surface area contributed by atoms with Crippen LogP contribution in [0.2, 0.25) is 5.02 Å². The Labute approximate surface area is 190 Å². The van der Waals surface area contributed by atoms with E-state index >= 15 is 0 Å². The number of amides is 1. The maximum Gasteiger partial charge on any atom is 0.250 e. The lowest BCUT2D eigenvalue weighted by Gasteiger charge is -2.07. The van der Waals surface area contributed by atoms with Crippen molar-refractivity contribution in [3.05, 3.63) is 65.2 Å². The number of ether oxygens (including phenoxy) is 1. The zero-order valence-electron chi connectivity index (χ0n) is 17.2. The van der Waals surface area contributed by atoms with E-state index in [0.717, 1.165) is 22.7 Å². The quantitative estimate of drug-likeness (QED) is 0.291. The number of allylic oxidation sites excluding steroid dienone is 1. The molecule has 1 amide bonds. The zero-order valence-corrected chi connectivity index (χ0v) is 18.7. The van der Waals surface area contributed by atoms with Gasteiger partial charge in [0.25, 0.3) is 5.91 Å². The summed E-state index contributed by atoms with van der Waals surface area (Å²) >= 11 is 7.26. The fourth-order valence-corrected chi connectivity index (χ4v) is 3.68. The minimum absolute atomic E-state index is 0.173. The number of nitrogens with zero attached hydrogens (tertiary/aromatic N) is 4. The molecule has 0 atom stereocenters. The highest BCUT2D eigenvalue weighted by Crippen LogP contribution is 2.25. The van der Waals surface area contributed by atoms with Crippen LogP contribution in [-0.2, 0) is 11.3 Å². The maximum atomic E-state index is 12.1. The second kappa shape index (κ2) is 11.3. The normalized spacial score (nSPS) is 11.3. The van der Waals surface area contributed by atoms with Crippen molar-refractivity contribution in [3.63, 3.8) is 0 Å². The maximum absolute atomic E-state index is 12.1. The summed E-state index contributed by atoms with van der Waals surface area (Å²) in [6.07, 6.45) is 5.10. The van der Waals surface area contributed by atoms with Gasteiger partial charge in [-0.15, -0.1) is 10.2 Å². The number of nitrogens with one attached hydrogen (secondary N) is 1. The van der Waals surface area contributed by atoms with Crippen LogP contribution < -0.4 is 10.2 Å². The second-order valence-corrected chi connectivity index (χ2v) is 7.64. The molecule has 0 saturated carbocycles. The molecule has 160 valence electrons. The number of hydrogen-bond donors (Lipinski definition) is 1. The van der Waals surface area contributed by atoms with Crippen LogP contribution in [-0.4, -0.2) is 39.7 Å². The van der Waals surface area contributed by atoms with Crippen LogP contribution in [0.1, 0.15) is 12.5 Å². The van der Waals surface area contributed by atoms with Gasteiger partial charge in [-0.05, 0) is 49.4 Å². The summed E-state index contributed by atoms with van der Waals surface area (Å²) in [5.41, 5.74) is 4.35. The molecule has 0 aliphatic carbocycles. The molecule has 0 bridgehead atoms. The highest BCUT2D eigenvalue weighted by atomic mass is 35.5. The fraction of sp³-hybridized carbons (Fsp3) is 0.182. The van der Waals surface area contributed by atoms with Crippen LogP contribution in [0.4, 0.5) is 0 Å². The minimum Gasteiger partial charge on any atom is -0.496 e. The fourth-order valence-electron chi connectivity index (χ4n) is 2.76. The Balaban J connectivity index is 1.53. The van der Waals surface area contributed by atoms with Gasteiger partial charge in [0.2, 0.25) is 0 Å². The van der Waals surface area contributed by atoms with E-state index in [1.807, 2.05) is 66.1 Å². The van der Waals surface area contributed by atoms with Gasteiger partial charge < -0.3 is 9.30 Å². The predicted molar refractivity (Wildman–Crippen MR) is 126 cm³/mol. The summed E-state index contributed by atoms with van der Waals surface area (Å²) in [7, 11) is 1.62. The lowest BCUT2D eigenvalue weighted by Crippen LogP contribution is -2.19. The molecule has 3 rings (SSSR count). The molecule has 1 heterocycles. The van der Waals surface area contributed by atoms with Gasteiger partial charge in [0.15, 0.2) is 11.0 Å². The smallest absolute Gasteiger partial charge is 0.250 e. The Morgan fingerprint density at radius 1 is 1.23 bits per heavy atom. The molecule has 2 aromatic carbocycles. The summed E-state index contributed by atoms with van der Waals surface area (Å²) in [5, 5.41) is 13.8. The third kappa shape index (κ3) is 6.19. The Hall–Kier alpha value is -3.10. The number of hydrogen-bond acceptors (Lipinski definition) is 6. The van der Waals surface area contributed by atoms with E-state index in [-0.39, 0.29) is 11.7 Å². The largest absolute Gasteiger partial charge is 0.496 e. The number of aromatic nitrogens is 3. The number of carbonyl (C=O) groups is 1. The van der Waals surface area contributed by atoms with Crippen molar-refractivity contribution < 1.29 is 9.53 Å². The molecule has 0 spiro atoms. The summed E-state index contributed by atoms with van der Waals surface area (Å²) in [6, 6.07) is 15.0. The van der Waals surface area contributed by atoms with Gasteiger partial charge in [0, 0.05) is 28.9 Å². The highest BCUT2D eigenvalue weighted by molar-refractivity contribution is 7.99. The van der Waals surface area contributed by atoms with E-state index in [1.165, 1.54) is 18.0 Å². The minimum atomic E-state index is -0.231. The van der Waals surface area contributed by atoms with Crippen LogP contribution >= 0.6 is 23.4 Å². The molecule has 0 saturated heterocycles. The van der Waals surface area contributed by atoms with Crippen molar-refractivity contribution >= 4 is 41.6 Å². The van der Waals surface area contributed by atoms with E-state index in [2.05, 4.69) is 20.7 Å². The monoisotopic (exact) mass is 455 g/mol. The SMILES string of the molecule is CCn1c(SCC(=O)N/N=C/C=C/c2ccccc2OC)nnc1-c1ccc(Cl)cc1. The molecule has 0 radical (unpaired) electrons. The van der Waals surface area contributed by atoms with Crippen LogP contribution in [0.15, 0.2) is 64.9 Å². The molecular formula is C22H22ClN5O2S. The van der Waals surface area contributed by atoms with Gasteiger partial charge in [-0.1, -0.05) is 41.6 Å².